The monoisotopic (exact) mass is 268 g/mol. The second-order valence-corrected chi connectivity index (χ2v) is 6.69. The van der Waals surface area contributed by atoms with Crippen molar-refractivity contribution in [1.29, 1.82) is 0 Å². The quantitative estimate of drug-likeness (QED) is 0.696. The first-order valence-electron chi connectivity index (χ1n) is 8.35. The second kappa shape index (κ2) is 7.61. The van der Waals surface area contributed by atoms with E-state index in [1.54, 1.807) is 0 Å². The fourth-order valence-electron chi connectivity index (χ4n) is 3.96. The van der Waals surface area contributed by atoms with Gasteiger partial charge < -0.3 is 10.4 Å². The van der Waals surface area contributed by atoms with Crippen LogP contribution in [0.5, 0.6) is 0 Å². The molecule has 3 nitrogen and oxygen atoms in total. The van der Waals surface area contributed by atoms with E-state index in [4.69, 9.17) is 0 Å². The van der Waals surface area contributed by atoms with Gasteiger partial charge >= 0.3 is 0 Å². The van der Waals surface area contributed by atoms with Crippen LogP contribution >= 0.6 is 0 Å². The summed E-state index contributed by atoms with van der Waals surface area (Å²) in [6, 6.07) is 0.435. The minimum absolute atomic E-state index is 0.346. The van der Waals surface area contributed by atoms with E-state index in [0.29, 0.717) is 18.1 Å². The zero-order chi connectivity index (χ0) is 13.6. The number of rotatable bonds is 7. The first-order valence-corrected chi connectivity index (χ1v) is 8.35. The number of aliphatic hydroxyl groups excluding tert-OH is 1. The van der Waals surface area contributed by atoms with Gasteiger partial charge in [0.15, 0.2) is 0 Å². The Morgan fingerprint density at radius 3 is 2.68 bits per heavy atom. The van der Waals surface area contributed by atoms with Gasteiger partial charge in [0.25, 0.3) is 0 Å². The van der Waals surface area contributed by atoms with Gasteiger partial charge in [0.2, 0.25) is 0 Å². The number of aliphatic hydroxyl groups is 1. The third kappa shape index (κ3) is 4.17. The topological polar surface area (TPSA) is 35.5 Å². The number of likely N-dealkylation sites (tertiary alicyclic amines) is 1. The van der Waals surface area contributed by atoms with Crippen LogP contribution in [0.2, 0.25) is 0 Å². The highest BCUT2D eigenvalue weighted by Gasteiger charge is 2.36. The summed E-state index contributed by atoms with van der Waals surface area (Å²) in [7, 11) is 0. The Hall–Kier alpha value is -0.120. The van der Waals surface area contributed by atoms with Crippen LogP contribution < -0.4 is 5.32 Å². The molecule has 1 saturated heterocycles. The molecule has 112 valence electrons. The van der Waals surface area contributed by atoms with Gasteiger partial charge in [-0.2, -0.15) is 0 Å². The molecule has 2 fully saturated rings. The molecular formula is C16H32N2O. The van der Waals surface area contributed by atoms with Crippen molar-refractivity contribution in [3.63, 3.8) is 0 Å². The fraction of sp³-hybridized carbons (Fsp3) is 1.00. The predicted molar refractivity (Wildman–Crippen MR) is 80.4 cm³/mol. The number of nitrogens with one attached hydrogen (secondary N) is 1. The summed E-state index contributed by atoms with van der Waals surface area (Å²) in [6.45, 7) is 7.30. The van der Waals surface area contributed by atoms with Crippen molar-refractivity contribution in [3.05, 3.63) is 0 Å². The highest BCUT2D eigenvalue weighted by molar-refractivity contribution is 4.91. The van der Waals surface area contributed by atoms with E-state index in [-0.39, 0.29) is 0 Å². The van der Waals surface area contributed by atoms with Crippen molar-refractivity contribution in [1.82, 2.24) is 10.2 Å². The van der Waals surface area contributed by atoms with Crippen molar-refractivity contribution in [2.75, 3.05) is 32.8 Å². The molecule has 0 aromatic rings. The molecule has 2 aliphatic rings. The summed E-state index contributed by atoms with van der Waals surface area (Å²) in [4.78, 5) is 2.57. The van der Waals surface area contributed by atoms with Gasteiger partial charge in [-0.05, 0) is 50.6 Å². The van der Waals surface area contributed by atoms with Gasteiger partial charge in [-0.3, -0.25) is 4.90 Å². The van der Waals surface area contributed by atoms with Crippen molar-refractivity contribution in [2.24, 2.45) is 5.41 Å². The van der Waals surface area contributed by atoms with Crippen LogP contribution in [0.1, 0.15) is 58.3 Å². The van der Waals surface area contributed by atoms with E-state index >= 15 is 0 Å². The maximum Gasteiger partial charge on any atom is 0.0586 e. The van der Waals surface area contributed by atoms with Crippen molar-refractivity contribution in [2.45, 2.75) is 64.3 Å². The van der Waals surface area contributed by atoms with Crippen LogP contribution in [-0.4, -0.2) is 48.8 Å². The van der Waals surface area contributed by atoms with E-state index in [2.05, 4.69) is 17.1 Å². The molecule has 0 aromatic carbocycles. The molecule has 1 saturated carbocycles. The standard InChI is InChI=1S/C16H32N2O/c1-2-10-17-13-16(8-4-3-5-9-16)14-18-11-6-7-15(18)12-19/h15,17,19H,2-14H2,1H3. The van der Waals surface area contributed by atoms with Crippen LogP contribution in [0.15, 0.2) is 0 Å². The molecule has 19 heavy (non-hydrogen) atoms. The Morgan fingerprint density at radius 2 is 2.00 bits per heavy atom. The maximum atomic E-state index is 9.51. The van der Waals surface area contributed by atoms with Crippen LogP contribution in [0, 0.1) is 5.41 Å². The molecule has 1 atom stereocenters. The van der Waals surface area contributed by atoms with E-state index in [0.717, 1.165) is 6.54 Å². The molecule has 1 aliphatic carbocycles. The van der Waals surface area contributed by atoms with Gasteiger partial charge in [0.05, 0.1) is 6.61 Å². The first-order chi connectivity index (χ1) is 9.29. The summed E-state index contributed by atoms with van der Waals surface area (Å²) in [6.07, 6.45) is 10.6. The molecule has 1 aliphatic heterocycles. The Morgan fingerprint density at radius 1 is 1.21 bits per heavy atom. The highest BCUT2D eigenvalue weighted by Crippen LogP contribution is 2.38. The van der Waals surface area contributed by atoms with Gasteiger partial charge in [-0.25, -0.2) is 0 Å². The lowest BCUT2D eigenvalue weighted by atomic mass is 9.73. The average molecular weight is 268 g/mol. The fourth-order valence-corrected chi connectivity index (χ4v) is 3.96. The molecule has 1 heterocycles. The maximum absolute atomic E-state index is 9.51. The molecule has 3 heteroatoms. The van der Waals surface area contributed by atoms with E-state index in [9.17, 15) is 5.11 Å². The first kappa shape index (κ1) is 15.3. The Balaban J connectivity index is 1.92. The van der Waals surface area contributed by atoms with E-state index in [1.165, 1.54) is 71.0 Å². The smallest absolute Gasteiger partial charge is 0.0586 e. The predicted octanol–water partition coefficient (Wildman–Crippen LogP) is 2.39. The third-order valence-corrected chi connectivity index (χ3v) is 5.09. The third-order valence-electron chi connectivity index (χ3n) is 5.09. The normalized spacial score (nSPS) is 27.8. The number of nitrogens with zero attached hydrogens (tertiary/aromatic N) is 1. The van der Waals surface area contributed by atoms with Gasteiger partial charge in [0, 0.05) is 19.1 Å². The summed E-state index contributed by atoms with van der Waals surface area (Å²) < 4.78 is 0. The van der Waals surface area contributed by atoms with Crippen LogP contribution in [0.25, 0.3) is 0 Å². The SMILES string of the molecule is CCCNCC1(CN2CCCC2CO)CCCCC1. The summed E-state index contributed by atoms with van der Waals surface area (Å²) in [5, 5.41) is 13.2. The molecule has 0 bridgehead atoms. The highest BCUT2D eigenvalue weighted by atomic mass is 16.3. The van der Waals surface area contributed by atoms with Gasteiger partial charge in [-0.15, -0.1) is 0 Å². The molecule has 0 spiro atoms. The number of hydrogen-bond acceptors (Lipinski definition) is 3. The molecule has 0 radical (unpaired) electrons. The Kier molecular flexibility index (Phi) is 6.11. The molecule has 0 amide bonds. The van der Waals surface area contributed by atoms with Gasteiger partial charge in [-0.1, -0.05) is 26.2 Å². The van der Waals surface area contributed by atoms with Crippen LogP contribution in [-0.2, 0) is 0 Å². The molecular weight excluding hydrogens is 236 g/mol. The minimum Gasteiger partial charge on any atom is -0.395 e. The van der Waals surface area contributed by atoms with Crippen molar-refractivity contribution in [3.8, 4) is 0 Å². The number of hydrogen-bond donors (Lipinski definition) is 2. The summed E-state index contributed by atoms with van der Waals surface area (Å²) in [5.74, 6) is 0. The van der Waals surface area contributed by atoms with Crippen LogP contribution in [0.4, 0.5) is 0 Å². The van der Waals surface area contributed by atoms with E-state index in [1.807, 2.05) is 0 Å². The van der Waals surface area contributed by atoms with Crippen LogP contribution in [0.3, 0.4) is 0 Å². The van der Waals surface area contributed by atoms with Crippen molar-refractivity contribution < 1.29 is 5.11 Å². The zero-order valence-corrected chi connectivity index (χ0v) is 12.7. The molecule has 2 N–H and O–H groups in total. The Bertz CT molecular complexity index is 251. The average Bonchev–Trinajstić information content (AvgIpc) is 2.87. The molecule has 1 unspecified atom stereocenters. The lowest BCUT2D eigenvalue weighted by Crippen LogP contribution is -2.47. The molecule has 0 aromatic heterocycles. The lowest BCUT2D eigenvalue weighted by Gasteiger charge is -2.42. The van der Waals surface area contributed by atoms with Gasteiger partial charge in [0.1, 0.15) is 0 Å². The molecule has 2 rings (SSSR count). The van der Waals surface area contributed by atoms with E-state index < -0.39 is 0 Å². The van der Waals surface area contributed by atoms with Crippen molar-refractivity contribution >= 4 is 0 Å². The Labute approximate surface area is 118 Å². The summed E-state index contributed by atoms with van der Waals surface area (Å²) in [5.41, 5.74) is 0.477. The summed E-state index contributed by atoms with van der Waals surface area (Å²) >= 11 is 0. The zero-order valence-electron chi connectivity index (χ0n) is 12.7. The second-order valence-electron chi connectivity index (χ2n) is 6.69. The largest absolute Gasteiger partial charge is 0.395 e. The minimum atomic E-state index is 0.346. The lowest BCUT2D eigenvalue weighted by molar-refractivity contribution is 0.0740.